The maximum absolute atomic E-state index is 12.7. The van der Waals surface area contributed by atoms with E-state index < -0.39 is 0 Å². The fourth-order valence-corrected chi connectivity index (χ4v) is 5.42. The lowest BCUT2D eigenvalue weighted by atomic mass is 9.86. The van der Waals surface area contributed by atoms with E-state index in [0.29, 0.717) is 29.1 Å². The summed E-state index contributed by atoms with van der Waals surface area (Å²) in [6.07, 6.45) is 6.58. The predicted molar refractivity (Wildman–Crippen MR) is 126 cm³/mol. The molecular weight excluding hydrogens is 386 g/mol. The first-order valence-corrected chi connectivity index (χ1v) is 11.7. The second-order valence-corrected chi connectivity index (χ2v) is 9.86. The lowest BCUT2D eigenvalue weighted by Crippen LogP contribution is -2.22. The third-order valence-corrected chi connectivity index (χ3v) is 6.89. The number of fused-ring (bicyclic) bond motifs is 2. The molecule has 3 heterocycles. The molecule has 6 heteroatoms. The summed E-state index contributed by atoms with van der Waals surface area (Å²) in [7, 11) is 0. The Labute approximate surface area is 183 Å². The Morgan fingerprint density at radius 1 is 1.16 bits per heavy atom. The van der Waals surface area contributed by atoms with Crippen LogP contribution >= 0.6 is 0 Å². The van der Waals surface area contributed by atoms with Crippen LogP contribution < -0.4 is 10.9 Å². The van der Waals surface area contributed by atoms with Gasteiger partial charge in [0.1, 0.15) is 5.39 Å². The molecule has 2 aromatic heterocycles. The molecule has 0 saturated heterocycles. The molecule has 1 aliphatic heterocycles. The fourth-order valence-electron chi connectivity index (χ4n) is 5.42. The number of benzene rings is 1. The van der Waals surface area contributed by atoms with Crippen molar-refractivity contribution < 1.29 is 0 Å². The minimum atomic E-state index is -0.0843. The molecule has 31 heavy (non-hydrogen) atoms. The molecule has 0 spiro atoms. The van der Waals surface area contributed by atoms with Crippen molar-refractivity contribution in [3.8, 4) is 0 Å². The molecular formula is C25H33N5O. The van der Waals surface area contributed by atoms with Crippen molar-refractivity contribution in [2.75, 3.05) is 11.9 Å². The van der Waals surface area contributed by atoms with Gasteiger partial charge in [0, 0.05) is 31.5 Å². The minimum absolute atomic E-state index is 0.0843. The zero-order valence-electron chi connectivity index (χ0n) is 18.8. The van der Waals surface area contributed by atoms with Gasteiger partial charge in [-0.15, -0.1) is 0 Å². The number of hydrogen-bond acceptors (Lipinski definition) is 4. The molecule has 6 nitrogen and oxygen atoms in total. The second kappa shape index (κ2) is 8.15. The van der Waals surface area contributed by atoms with E-state index in [4.69, 9.17) is 5.10 Å². The summed E-state index contributed by atoms with van der Waals surface area (Å²) in [6.45, 7) is 9.95. The number of nitrogens with one attached hydrogen (secondary N) is 2. The van der Waals surface area contributed by atoms with Crippen LogP contribution in [0.5, 0.6) is 0 Å². The van der Waals surface area contributed by atoms with Gasteiger partial charge in [0.25, 0.3) is 5.56 Å². The van der Waals surface area contributed by atoms with Crippen LogP contribution in [0.25, 0.3) is 10.9 Å². The molecule has 5 rings (SSSR count). The number of rotatable bonds is 5. The largest absolute Gasteiger partial charge is 0.338 e. The van der Waals surface area contributed by atoms with Crippen LogP contribution in [0.2, 0.25) is 0 Å². The van der Waals surface area contributed by atoms with Crippen LogP contribution in [-0.2, 0) is 13.1 Å². The van der Waals surface area contributed by atoms with Gasteiger partial charge in [0.15, 0.2) is 5.82 Å². The third kappa shape index (κ3) is 3.89. The van der Waals surface area contributed by atoms with Gasteiger partial charge in [-0.1, -0.05) is 39.7 Å². The van der Waals surface area contributed by atoms with E-state index in [1.807, 2.05) is 6.07 Å². The number of H-pyrrole nitrogens is 1. The fraction of sp³-hybridized carbons (Fsp3) is 0.520. The highest BCUT2D eigenvalue weighted by Crippen LogP contribution is 2.37. The summed E-state index contributed by atoms with van der Waals surface area (Å²) in [5, 5.41) is 9.07. The molecule has 0 radical (unpaired) electrons. The molecule has 2 aliphatic rings. The number of aromatic nitrogens is 3. The van der Waals surface area contributed by atoms with Crippen molar-refractivity contribution >= 4 is 22.4 Å². The Morgan fingerprint density at radius 3 is 2.77 bits per heavy atom. The average molecular weight is 420 g/mol. The van der Waals surface area contributed by atoms with Crippen LogP contribution in [0.4, 0.5) is 11.5 Å². The predicted octanol–water partition coefficient (Wildman–Crippen LogP) is 5.19. The Hall–Kier alpha value is -2.60. The smallest absolute Gasteiger partial charge is 0.261 e. The molecule has 0 bridgehead atoms. The third-order valence-electron chi connectivity index (χ3n) is 6.89. The number of anilines is 2. The first kappa shape index (κ1) is 20.3. The first-order valence-electron chi connectivity index (χ1n) is 11.7. The normalized spacial score (nSPS) is 21.7. The maximum Gasteiger partial charge on any atom is 0.261 e. The van der Waals surface area contributed by atoms with E-state index >= 15 is 0 Å². The van der Waals surface area contributed by atoms with E-state index in [9.17, 15) is 4.79 Å². The summed E-state index contributed by atoms with van der Waals surface area (Å²) < 4.78 is 2.11. The monoisotopic (exact) mass is 419 g/mol. The number of aromatic amines is 1. The topological polar surface area (TPSA) is 66.0 Å². The Balaban J connectivity index is 1.47. The standard InChI is InChI=1S/C25H33N5O/c1-16(2)13-29-14-18-8-9-20(12-19(18)15-29)27-24-23-22(10-11-26-25(23)31)30(28-24)21-7-5-4-6-17(21)3/h8-12,16-17,21H,4-7,13-15H2,1-3H3,(H,26,31)(H,27,28)/t17-,21-/m0/s1. The molecule has 3 aromatic rings. The van der Waals surface area contributed by atoms with E-state index in [-0.39, 0.29) is 5.56 Å². The molecule has 0 amide bonds. The summed E-state index contributed by atoms with van der Waals surface area (Å²) in [5.41, 5.74) is 4.60. The van der Waals surface area contributed by atoms with Crippen molar-refractivity contribution in [1.29, 1.82) is 0 Å². The highest BCUT2D eigenvalue weighted by Gasteiger charge is 2.27. The molecule has 2 N–H and O–H groups in total. The van der Waals surface area contributed by atoms with Crippen molar-refractivity contribution in [1.82, 2.24) is 19.7 Å². The Kier molecular flexibility index (Phi) is 5.34. The average Bonchev–Trinajstić information content (AvgIpc) is 3.29. The molecule has 164 valence electrons. The van der Waals surface area contributed by atoms with Gasteiger partial charge >= 0.3 is 0 Å². The van der Waals surface area contributed by atoms with Crippen LogP contribution in [0.1, 0.15) is 63.6 Å². The van der Waals surface area contributed by atoms with Crippen LogP contribution in [0, 0.1) is 11.8 Å². The van der Waals surface area contributed by atoms with Gasteiger partial charge < -0.3 is 10.3 Å². The molecule has 1 fully saturated rings. The highest BCUT2D eigenvalue weighted by molar-refractivity contribution is 5.91. The zero-order valence-corrected chi connectivity index (χ0v) is 18.8. The molecule has 1 aromatic carbocycles. The Bertz CT molecular complexity index is 1140. The van der Waals surface area contributed by atoms with Crippen molar-refractivity contribution in [2.45, 2.75) is 65.6 Å². The van der Waals surface area contributed by atoms with Crippen LogP contribution in [0.15, 0.2) is 35.3 Å². The lowest BCUT2D eigenvalue weighted by molar-refractivity contribution is 0.246. The minimum Gasteiger partial charge on any atom is -0.338 e. The van der Waals surface area contributed by atoms with Gasteiger partial charge in [-0.3, -0.25) is 14.4 Å². The van der Waals surface area contributed by atoms with E-state index in [1.165, 1.54) is 30.4 Å². The van der Waals surface area contributed by atoms with Crippen molar-refractivity contribution in [2.24, 2.45) is 11.8 Å². The van der Waals surface area contributed by atoms with Gasteiger partial charge in [-0.05, 0) is 54.0 Å². The molecule has 1 saturated carbocycles. The number of nitrogens with zero attached hydrogens (tertiary/aromatic N) is 3. The van der Waals surface area contributed by atoms with Crippen molar-refractivity contribution in [3.05, 3.63) is 51.9 Å². The SMILES string of the molecule is CC(C)CN1Cc2ccc(Nc3nn([C@H]4CCCC[C@@H]4C)c4cc[nH]c(=O)c34)cc2C1. The van der Waals surface area contributed by atoms with Crippen LogP contribution in [0.3, 0.4) is 0 Å². The van der Waals surface area contributed by atoms with E-state index in [0.717, 1.165) is 37.3 Å². The maximum atomic E-state index is 12.7. The number of pyridine rings is 1. The Morgan fingerprint density at radius 2 is 1.97 bits per heavy atom. The zero-order chi connectivity index (χ0) is 21.5. The quantitative estimate of drug-likeness (QED) is 0.597. The second-order valence-electron chi connectivity index (χ2n) is 9.86. The molecule has 2 atom stereocenters. The number of hydrogen-bond donors (Lipinski definition) is 2. The summed E-state index contributed by atoms with van der Waals surface area (Å²) in [4.78, 5) is 18.1. The van der Waals surface area contributed by atoms with Gasteiger partial charge in [-0.25, -0.2) is 0 Å². The van der Waals surface area contributed by atoms with Gasteiger partial charge in [0.2, 0.25) is 0 Å². The van der Waals surface area contributed by atoms with Gasteiger partial charge in [-0.2, -0.15) is 5.10 Å². The highest BCUT2D eigenvalue weighted by atomic mass is 16.1. The van der Waals surface area contributed by atoms with Crippen LogP contribution in [-0.4, -0.2) is 26.2 Å². The summed E-state index contributed by atoms with van der Waals surface area (Å²) >= 11 is 0. The first-order chi connectivity index (χ1) is 15.0. The summed E-state index contributed by atoms with van der Waals surface area (Å²) in [5.74, 6) is 1.89. The van der Waals surface area contributed by atoms with E-state index in [1.54, 1.807) is 6.20 Å². The van der Waals surface area contributed by atoms with Crippen molar-refractivity contribution in [3.63, 3.8) is 0 Å². The summed E-state index contributed by atoms with van der Waals surface area (Å²) in [6, 6.07) is 8.88. The molecule has 0 unspecified atom stereocenters. The molecule has 1 aliphatic carbocycles. The van der Waals surface area contributed by atoms with Gasteiger partial charge in [0.05, 0.1) is 11.6 Å². The lowest BCUT2D eigenvalue weighted by Gasteiger charge is -2.29. The van der Waals surface area contributed by atoms with E-state index in [2.05, 4.69) is 58.9 Å².